The van der Waals surface area contributed by atoms with Gasteiger partial charge in [-0.3, -0.25) is 9.59 Å². The molecular formula is C9H15NO3. The Hall–Kier alpha value is -1.06. The van der Waals surface area contributed by atoms with Crippen LogP contribution in [0.4, 0.5) is 0 Å². The lowest BCUT2D eigenvalue weighted by molar-refractivity contribution is -0.141. The summed E-state index contributed by atoms with van der Waals surface area (Å²) in [6.45, 7) is 5.13. The van der Waals surface area contributed by atoms with Gasteiger partial charge in [0.1, 0.15) is 0 Å². The molecule has 0 unspecified atom stereocenters. The van der Waals surface area contributed by atoms with Crippen molar-refractivity contribution in [3.63, 3.8) is 0 Å². The fraction of sp³-hybridized carbons (Fsp3) is 0.778. The molecule has 4 nitrogen and oxygen atoms in total. The molecular weight excluding hydrogens is 170 g/mol. The van der Waals surface area contributed by atoms with Crippen molar-refractivity contribution in [3.05, 3.63) is 0 Å². The Morgan fingerprint density at radius 3 is 2.15 bits per heavy atom. The lowest BCUT2D eigenvalue weighted by Crippen LogP contribution is -2.32. The van der Waals surface area contributed by atoms with E-state index in [1.165, 1.54) is 0 Å². The first-order valence-electron chi connectivity index (χ1n) is 4.63. The van der Waals surface area contributed by atoms with Crippen molar-refractivity contribution in [1.82, 2.24) is 4.90 Å². The molecule has 0 aromatic carbocycles. The van der Waals surface area contributed by atoms with E-state index in [4.69, 9.17) is 5.11 Å². The van der Waals surface area contributed by atoms with Gasteiger partial charge in [0.25, 0.3) is 0 Å². The van der Waals surface area contributed by atoms with Gasteiger partial charge >= 0.3 is 5.97 Å². The summed E-state index contributed by atoms with van der Waals surface area (Å²) in [6.07, 6.45) is 0.519. The number of aliphatic carboxylic acids is 1. The van der Waals surface area contributed by atoms with Crippen LogP contribution in [0.1, 0.15) is 20.3 Å². The fourth-order valence-corrected chi connectivity index (χ4v) is 1.51. The number of amides is 1. The molecule has 0 aromatic heterocycles. The number of rotatable bonds is 4. The van der Waals surface area contributed by atoms with Gasteiger partial charge in [-0.15, -0.1) is 0 Å². The second-order valence-corrected chi connectivity index (χ2v) is 3.30. The standard InChI is InChI=1S/C9H15NO3/c1-3-10(4-2)8(11)6-5-7(6)9(12)13/h6-7H,3-5H2,1-2H3,(H,12,13)/t6-,7-/m0/s1. The van der Waals surface area contributed by atoms with Crippen molar-refractivity contribution < 1.29 is 14.7 Å². The minimum absolute atomic E-state index is 0.00241. The molecule has 1 aliphatic rings. The molecule has 1 saturated carbocycles. The molecule has 0 radical (unpaired) electrons. The Kier molecular flexibility index (Phi) is 2.90. The largest absolute Gasteiger partial charge is 0.481 e. The quantitative estimate of drug-likeness (QED) is 0.696. The molecule has 0 spiro atoms. The predicted octanol–water partition coefficient (Wildman–Crippen LogP) is 0.575. The van der Waals surface area contributed by atoms with E-state index in [1.807, 2.05) is 13.8 Å². The van der Waals surface area contributed by atoms with E-state index in [9.17, 15) is 9.59 Å². The summed E-state index contributed by atoms with van der Waals surface area (Å²) in [6, 6.07) is 0. The van der Waals surface area contributed by atoms with E-state index >= 15 is 0 Å². The van der Waals surface area contributed by atoms with Gasteiger partial charge in [-0.1, -0.05) is 0 Å². The zero-order valence-corrected chi connectivity index (χ0v) is 7.99. The third kappa shape index (κ3) is 1.99. The summed E-state index contributed by atoms with van der Waals surface area (Å²) < 4.78 is 0. The van der Waals surface area contributed by atoms with Crippen LogP contribution in [0.2, 0.25) is 0 Å². The van der Waals surface area contributed by atoms with Gasteiger partial charge in [-0.25, -0.2) is 0 Å². The van der Waals surface area contributed by atoms with Crippen LogP contribution in [0.25, 0.3) is 0 Å². The van der Waals surface area contributed by atoms with E-state index in [1.54, 1.807) is 4.90 Å². The second-order valence-electron chi connectivity index (χ2n) is 3.30. The summed E-state index contributed by atoms with van der Waals surface area (Å²) in [7, 11) is 0. The van der Waals surface area contributed by atoms with Crippen LogP contribution < -0.4 is 0 Å². The fourth-order valence-electron chi connectivity index (χ4n) is 1.51. The van der Waals surface area contributed by atoms with Gasteiger partial charge in [0, 0.05) is 13.1 Å². The Labute approximate surface area is 77.5 Å². The average molecular weight is 185 g/mol. The molecule has 4 heteroatoms. The first kappa shape index (κ1) is 10.0. The van der Waals surface area contributed by atoms with Crippen LogP contribution >= 0.6 is 0 Å². The van der Waals surface area contributed by atoms with Gasteiger partial charge in [-0.05, 0) is 20.3 Å². The number of carboxylic acids is 1. The zero-order chi connectivity index (χ0) is 10.0. The van der Waals surface area contributed by atoms with Crippen LogP contribution in [-0.2, 0) is 9.59 Å². The number of carbonyl (C=O) groups is 2. The van der Waals surface area contributed by atoms with Crippen LogP contribution in [0.15, 0.2) is 0 Å². The van der Waals surface area contributed by atoms with Crippen LogP contribution in [0.3, 0.4) is 0 Å². The minimum atomic E-state index is -0.842. The van der Waals surface area contributed by atoms with Crippen molar-refractivity contribution in [2.75, 3.05) is 13.1 Å². The Balaban J connectivity index is 2.46. The van der Waals surface area contributed by atoms with Gasteiger partial charge in [0.05, 0.1) is 11.8 Å². The summed E-state index contributed by atoms with van der Waals surface area (Å²) in [5, 5.41) is 8.63. The maximum absolute atomic E-state index is 11.5. The highest BCUT2D eigenvalue weighted by molar-refractivity contribution is 5.89. The van der Waals surface area contributed by atoms with Crippen LogP contribution in [0, 0.1) is 11.8 Å². The van der Waals surface area contributed by atoms with E-state index in [0.29, 0.717) is 19.5 Å². The van der Waals surface area contributed by atoms with Crippen molar-refractivity contribution in [2.24, 2.45) is 11.8 Å². The number of carbonyl (C=O) groups excluding carboxylic acids is 1. The molecule has 1 fully saturated rings. The Bertz CT molecular complexity index is 223. The highest BCUT2D eigenvalue weighted by Crippen LogP contribution is 2.39. The molecule has 13 heavy (non-hydrogen) atoms. The number of nitrogens with zero attached hydrogens (tertiary/aromatic N) is 1. The van der Waals surface area contributed by atoms with E-state index in [-0.39, 0.29) is 11.8 Å². The molecule has 2 atom stereocenters. The first-order chi connectivity index (χ1) is 6.11. The van der Waals surface area contributed by atoms with Gasteiger partial charge in [0.2, 0.25) is 5.91 Å². The van der Waals surface area contributed by atoms with Crippen LogP contribution in [-0.4, -0.2) is 35.0 Å². The molecule has 1 N–H and O–H groups in total. The lowest BCUT2D eigenvalue weighted by Gasteiger charge is -2.18. The molecule has 0 saturated heterocycles. The predicted molar refractivity (Wildman–Crippen MR) is 47.2 cm³/mol. The molecule has 74 valence electrons. The van der Waals surface area contributed by atoms with E-state index in [2.05, 4.69) is 0 Å². The monoisotopic (exact) mass is 185 g/mol. The molecule has 1 amide bonds. The lowest BCUT2D eigenvalue weighted by atomic mass is 10.3. The molecule has 0 aromatic rings. The van der Waals surface area contributed by atoms with Crippen molar-refractivity contribution in [3.8, 4) is 0 Å². The topological polar surface area (TPSA) is 57.6 Å². The number of hydrogen-bond donors (Lipinski definition) is 1. The van der Waals surface area contributed by atoms with Crippen molar-refractivity contribution >= 4 is 11.9 Å². The van der Waals surface area contributed by atoms with E-state index < -0.39 is 11.9 Å². The summed E-state index contributed by atoms with van der Waals surface area (Å²) >= 11 is 0. The summed E-state index contributed by atoms with van der Waals surface area (Å²) in [4.78, 5) is 23.7. The smallest absolute Gasteiger partial charge is 0.307 e. The average Bonchev–Trinajstić information content (AvgIpc) is 2.84. The third-order valence-corrected chi connectivity index (χ3v) is 2.50. The second kappa shape index (κ2) is 3.77. The molecule has 0 aliphatic heterocycles. The summed E-state index contributed by atoms with van der Waals surface area (Å²) in [5.74, 6) is -1.52. The normalized spacial score (nSPS) is 25.4. The molecule has 1 rings (SSSR count). The molecule has 1 aliphatic carbocycles. The van der Waals surface area contributed by atoms with Crippen molar-refractivity contribution in [2.45, 2.75) is 20.3 Å². The van der Waals surface area contributed by atoms with Gasteiger partial charge in [0.15, 0.2) is 0 Å². The zero-order valence-electron chi connectivity index (χ0n) is 7.99. The highest BCUT2D eigenvalue weighted by Gasteiger charge is 2.49. The van der Waals surface area contributed by atoms with E-state index in [0.717, 1.165) is 0 Å². The molecule has 0 bridgehead atoms. The number of carboxylic acid groups (broad SMARTS) is 1. The molecule has 0 heterocycles. The maximum Gasteiger partial charge on any atom is 0.307 e. The number of hydrogen-bond acceptors (Lipinski definition) is 2. The van der Waals surface area contributed by atoms with Crippen molar-refractivity contribution in [1.29, 1.82) is 0 Å². The summed E-state index contributed by atoms with van der Waals surface area (Å²) in [5.41, 5.74) is 0. The maximum atomic E-state index is 11.5. The van der Waals surface area contributed by atoms with Gasteiger partial charge < -0.3 is 10.0 Å². The minimum Gasteiger partial charge on any atom is -0.481 e. The first-order valence-corrected chi connectivity index (χ1v) is 4.63. The Morgan fingerprint density at radius 1 is 1.31 bits per heavy atom. The Morgan fingerprint density at radius 2 is 1.85 bits per heavy atom. The third-order valence-electron chi connectivity index (χ3n) is 2.50. The van der Waals surface area contributed by atoms with Gasteiger partial charge in [-0.2, -0.15) is 0 Å². The SMILES string of the molecule is CCN(CC)C(=O)[C@H]1C[C@@H]1C(=O)O. The highest BCUT2D eigenvalue weighted by atomic mass is 16.4. The van der Waals surface area contributed by atoms with Crippen LogP contribution in [0.5, 0.6) is 0 Å².